The lowest BCUT2D eigenvalue weighted by Crippen LogP contribution is -2.51. The molecule has 2 rings (SSSR count). The highest BCUT2D eigenvalue weighted by molar-refractivity contribution is 6.12. The van der Waals surface area contributed by atoms with E-state index in [1.807, 2.05) is 13.8 Å². The first-order valence-corrected chi connectivity index (χ1v) is 7.45. The molecule has 0 N–H and O–H groups in total. The number of amides is 1. The lowest BCUT2D eigenvalue weighted by atomic mass is 9.75. The van der Waals surface area contributed by atoms with Crippen molar-refractivity contribution in [1.29, 1.82) is 0 Å². The van der Waals surface area contributed by atoms with Crippen molar-refractivity contribution in [2.24, 2.45) is 11.3 Å². The van der Waals surface area contributed by atoms with Crippen LogP contribution in [0, 0.1) is 17.2 Å². The molecule has 1 amide bonds. The van der Waals surface area contributed by atoms with Crippen molar-refractivity contribution in [2.45, 2.75) is 40.0 Å². The number of hydrogen-bond acceptors (Lipinski definition) is 2. The first-order valence-electron chi connectivity index (χ1n) is 7.45. The van der Waals surface area contributed by atoms with Crippen LogP contribution in [0.1, 0.15) is 40.0 Å². The van der Waals surface area contributed by atoms with E-state index in [-0.39, 0.29) is 23.4 Å². The van der Waals surface area contributed by atoms with Gasteiger partial charge in [0.15, 0.2) is 0 Å². The van der Waals surface area contributed by atoms with Gasteiger partial charge in [0.25, 0.3) is 0 Å². The van der Waals surface area contributed by atoms with Crippen LogP contribution in [0.3, 0.4) is 0 Å². The number of halogens is 1. The molecule has 21 heavy (non-hydrogen) atoms. The zero-order valence-electron chi connectivity index (χ0n) is 12.9. The quantitative estimate of drug-likeness (QED) is 0.795. The van der Waals surface area contributed by atoms with Crippen LogP contribution in [-0.2, 0) is 9.59 Å². The molecule has 1 saturated heterocycles. The van der Waals surface area contributed by atoms with Crippen LogP contribution >= 0.6 is 0 Å². The first-order chi connectivity index (χ1) is 9.84. The topological polar surface area (TPSA) is 37.4 Å². The molecule has 1 heterocycles. The Kier molecular flexibility index (Phi) is 4.45. The fraction of sp³-hybridized carbons (Fsp3) is 0.529. The van der Waals surface area contributed by atoms with Crippen LogP contribution in [0.5, 0.6) is 0 Å². The lowest BCUT2D eigenvalue weighted by Gasteiger charge is -2.38. The first kappa shape index (κ1) is 15.7. The second kappa shape index (κ2) is 5.96. The van der Waals surface area contributed by atoms with E-state index in [1.165, 1.54) is 12.1 Å². The van der Waals surface area contributed by atoms with Crippen molar-refractivity contribution >= 4 is 17.4 Å². The lowest BCUT2D eigenvalue weighted by molar-refractivity contribution is -0.141. The number of anilines is 1. The van der Waals surface area contributed by atoms with Crippen LogP contribution in [0.15, 0.2) is 24.3 Å². The number of nitrogens with zero attached hydrogens (tertiary/aromatic N) is 1. The Morgan fingerprint density at radius 2 is 1.95 bits per heavy atom. The molecule has 0 aliphatic carbocycles. The minimum atomic E-state index is -0.948. The Balaban J connectivity index is 2.25. The molecular formula is C17H22FNO2. The van der Waals surface area contributed by atoms with Gasteiger partial charge >= 0.3 is 0 Å². The fourth-order valence-corrected chi connectivity index (χ4v) is 2.82. The van der Waals surface area contributed by atoms with E-state index in [4.69, 9.17) is 0 Å². The molecular weight excluding hydrogens is 269 g/mol. The molecule has 1 aromatic carbocycles. The Labute approximate surface area is 125 Å². The van der Waals surface area contributed by atoms with Gasteiger partial charge in [0.2, 0.25) is 5.91 Å². The molecule has 3 nitrogen and oxygen atoms in total. The second-order valence-corrected chi connectivity index (χ2v) is 6.39. The van der Waals surface area contributed by atoms with Gasteiger partial charge in [-0.3, -0.25) is 9.59 Å². The van der Waals surface area contributed by atoms with Crippen LogP contribution in [0.25, 0.3) is 0 Å². The summed E-state index contributed by atoms with van der Waals surface area (Å²) in [6.07, 6.45) is 1.79. The molecule has 0 bridgehead atoms. The number of piperidine rings is 1. The van der Waals surface area contributed by atoms with Crippen molar-refractivity contribution in [3.05, 3.63) is 30.1 Å². The summed E-state index contributed by atoms with van der Waals surface area (Å²) >= 11 is 0. The molecule has 1 atom stereocenters. The summed E-state index contributed by atoms with van der Waals surface area (Å²) in [5, 5.41) is 0. The van der Waals surface area contributed by atoms with Gasteiger partial charge in [0, 0.05) is 18.7 Å². The SMILES string of the molecule is CC(C)CC(=O)C1(C)CCCN(c2ccc(F)cc2)C1=O. The third-order valence-corrected chi connectivity index (χ3v) is 4.12. The zero-order chi connectivity index (χ0) is 15.6. The number of carbonyl (C=O) groups excluding carboxylic acids is 2. The van der Waals surface area contributed by atoms with Gasteiger partial charge in [-0.15, -0.1) is 0 Å². The van der Waals surface area contributed by atoms with Gasteiger partial charge < -0.3 is 4.90 Å². The number of ketones is 1. The van der Waals surface area contributed by atoms with E-state index in [1.54, 1.807) is 24.0 Å². The van der Waals surface area contributed by atoms with Gasteiger partial charge in [0.1, 0.15) is 17.0 Å². The van der Waals surface area contributed by atoms with E-state index in [9.17, 15) is 14.0 Å². The highest BCUT2D eigenvalue weighted by Crippen LogP contribution is 2.36. The van der Waals surface area contributed by atoms with Crippen molar-refractivity contribution < 1.29 is 14.0 Å². The highest BCUT2D eigenvalue weighted by Gasteiger charge is 2.45. The maximum atomic E-state index is 13.0. The van der Waals surface area contributed by atoms with E-state index >= 15 is 0 Å². The van der Waals surface area contributed by atoms with Crippen LogP contribution in [0.2, 0.25) is 0 Å². The summed E-state index contributed by atoms with van der Waals surface area (Å²) in [6, 6.07) is 5.85. The van der Waals surface area contributed by atoms with Crippen molar-refractivity contribution in [1.82, 2.24) is 0 Å². The molecule has 114 valence electrons. The summed E-state index contributed by atoms with van der Waals surface area (Å²) in [5.41, 5.74) is -0.290. The van der Waals surface area contributed by atoms with Gasteiger partial charge in [-0.2, -0.15) is 0 Å². The number of rotatable bonds is 4. The summed E-state index contributed by atoms with van der Waals surface area (Å²) < 4.78 is 13.0. The monoisotopic (exact) mass is 291 g/mol. The predicted molar refractivity (Wildman–Crippen MR) is 80.6 cm³/mol. The summed E-state index contributed by atoms with van der Waals surface area (Å²) in [4.78, 5) is 26.8. The number of hydrogen-bond donors (Lipinski definition) is 0. The standard InChI is InChI=1S/C17H22FNO2/c1-12(2)11-15(20)17(3)9-4-10-19(16(17)21)14-7-5-13(18)6-8-14/h5-8,12H,4,9-11H2,1-3H3. The van der Waals surface area contributed by atoms with Gasteiger partial charge in [0.05, 0.1) is 0 Å². The molecule has 1 aliphatic heterocycles. The molecule has 0 spiro atoms. The van der Waals surface area contributed by atoms with E-state index in [0.29, 0.717) is 25.1 Å². The predicted octanol–water partition coefficient (Wildman–Crippen LogP) is 3.57. The zero-order valence-corrected chi connectivity index (χ0v) is 12.9. The molecule has 1 aromatic rings. The maximum Gasteiger partial charge on any atom is 0.240 e. The van der Waals surface area contributed by atoms with E-state index in [0.717, 1.165) is 6.42 Å². The largest absolute Gasteiger partial charge is 0.312 e. The molecule has 1 fully saturated rings. The second-order valence-electron chi connectivity index (χ2n) is 6.39. The Morgan fingerprint density at radius 3 is 2.52 bits per heavy atom. The fourth-order valence-electron chi connectivity index (χ4n) is 2.82. The molecule has 4 heteroatoms. The summed E-state index contributed by atoms with van der Waals surface area (Å²) in [7, 11) is 0. The average molecular weight is 291 g/mol. The summed E-state index contributed by atoms with van der Waals surface area (Å²) in [5.74, 6) is -0.245. The third kappa shape index (κ3) is 3.14. The van der Waals surface area contributed by atoms with Crippen molar-refractivity contribution in [2.75, 3.05) is 11.4 Å². The Bertz CT molecular complexity index is 538. The molecule has 0 aromatic heterocycles. The maximum absolute atomic E-state index is 13.0. The Hall–Kier alpha value is -1.71. The molecule has 1 unspecified atom stereocenters. The smallest absolute Gasteiger partial charge is 0.240 e. The van der Waals surface area contributed by atoms with Gasteiger partial charge in [-0.05, 0) is 49.9 Å². The number of Topliss-reactive ketones (excluding diaryl/α,β-unsaturated/α-hetero) is 1. The number of carbonyl (C=O) groups is 2. The summed E-state index contributed by atoms with van der Waals surface area (Å²) in [6.45, 7) is 6.28. The minimum absolute atomic E-state index is 0.00862. The van der Waals surface area contributed by atoms with Gasteiger partial charge in [-0.1, -0.05) is 13.8 Å². The minimum Gasteiger partial charge on any atom is -0.312 e. The van der Waals surface area contributed by atoms with Gasteiger partial charge in [-0.25, -0.2) is 4.39 Å². The van der Waals surface area contributed by atoms with E-state index < -0.39 is 5.41 Å². The van der Waals surface area contributed by atoms with Crippen molar-refractivity contribution in [3.63, 3.8) is 0 Å². The third-order valence-electron chi connectivity index (χ3n) is 4.12. The highest BCUT2D eigenvalue weighted by atomic mass is 19.1. The van der Waals surface area contributed by atoms with E-state index in [2.05, 4.69) is 0 Å². The molecule has 1 aliphatic rings. The number of benzene rings is 1. The molecule has 0 saturated carbocycles. The van der Waals surface area contributed by atoms with Crippen LogP contribution < -0.4 is 4.90 Å². The normalized spacial score (nSPS) is 22.7. The van der Waals surface area contributed by atoms with Crippen LogP contribution in [0.4, 0.5) is 10.1 Å². The van der Waals surface area contributed by atoms with Crippen LogP contribution in [-0.4, -0.2) is 18.2 Å². The molecule has 0 radical (unpaired) electrons. The van der Waals surface area contributed by atoms with Crippen molar-refractivity contribution in [3.8, 4) is 0 Å². The Morgan fingerprint density at radius 1 is 1.33 bits per heavy atom. The average Bonchev–Trinajstić information content (AvgIpc) is 2.42.